The number of esters is 1. The van der Waals surface area contributed by atoms with Gasteiger partial charge in [-0.1, -0.05) is 27.2 Å². The molecule has 2 aliphatic heterocycles. The van der Waals surface area contributed by atoms with Crippen molar-refractivity contribution in [1.82, 2.24) is 4.98 Å². The Morgan fingerprint density at radius 3 is 2.76 bits per heavy atom. The fourth-order valence-electron chi connectivity index (χ4n) is 6.06. The van der Waals surface area contributed by atoms with E-state index in [1.165, 1.54) is 0 Å². The van der Waals surface area contributed by atoms with Gasteiger partial charge in [0.1, 0.15) is 11.9 Å². The summed E-state index contributed by atoms with van der Waals surface area (Å²) in [5.41, 5.74) is 12.9. The normalized spacial score (nSPS) is 41.6. The van der Waals surface area contributed by atoms with E-state index >= 15 is 0 Å². The molecule has 2 saturated heterocycles. The molecule has 7 nitrogen and oxygen atoms in total. The zero-order chi connectivity index (χ0) is 24.7. The second-order valence-electron chi connectivity index (χ2n) is 10.8. The van der Waals surface area contributed by atoms with Crippen LogP contribution in [0, 0.1) is 24.2 Å². The lowest BCUT2D eigenvalue weighted by atomic mass is 9.59. The Kier molecular flexibility index (Phi) is 7.34. The van der Waals surface area contributed by atoms with E-state index in [0.717, 1.165) is 36.4 Å². The molecule has 1 aromatic heterocycles. The molecular formula is C26H39N3O4S. The van der Waals surface area contributed by atoms with Crippen molar-refractivity contribution in [2.24, 2.45) is 28.7 Å². The van der Waals surface area contributed by atoms with E-state index < -0.39 is 17.6 Å². The van der Waals surface area contributed by atoms with Crippen LogP contribution >= 0.6 is 11.3 Å². The zero-order valence-electron chi connectivity index (χ0n) is 20.8. The summed E-state index contributed by atoms with van der Waals surface area (Å²) in [6.45, 7) is 7.93. The minimum absolute atomic E-state index is 0.00150. The van der Waals surface area contributed by atoms with Gasteiger partial charge >= 0.3 is 5.97 Å². The van der Waals surface area contributed by atoms with Crippen LogP contribution < -0.4 is 11.5 Å². The topological polar surface area (TPSA) is 121 Å². The summed E-state index contributed by atoms with van der Waals surface area (Å²) in [6.07, 6.45) is 8.44. The number of hydrogen-bond acceptors (Lipinski definition) is 8. The first-order valence-electron chi connectivity index (χ1n) is 12.6. The number of aromatic nitrogens is 1. The van der Waals surface area contributed by atoms with Crippen molar-refractivity contribution >= 4 is 29.2 Å². The van der Waals surface area contributed by atoms with Gasteiger partial charge in [-0.05, 0) is 50.7 Å². The number of carbonyl (C=O) groups excluding carboxylic acids is 2. The van der Waals surface area contributed by atoms with Crippen molar-refractivity contribution < 1.29 is 19.1 Å². The number of hydrogen-bond donors (Lipinski definition) is 2. The van der Waals surface area contributed by atoms with Crippen molar-refractivity contribution in [2.75, 3.05) is 0 Å². The molecule has 3 fully saturated rings. The lowest BCUT2D eigenvalue weighted by Gasteiger charge is -2.46. The number of nitrogens with two attached hydrogens (primary N) is 2. The van der Waals surface area contributed by atoms with Crippen LogP contribution in [0.15, 0.2) is 11.5 Å². The van der Waals surface area contributed by atoms with Gasteiger partial charge < -0.3 is 20.9 Å². The number of rotatable bonds is 3. The van der Waals surface area contributed by atoms with Gasteiger partial charge in [-0.15, -0.1) is 11.3 Å². The maximum absolute atomic E-state index is 13.3. The third-order valence-electron chi connectivity index (χ3n) is 8.52. The van der Waals surface area contributed by atoms with Gasteiger partial charge in [-0.2, -0.15) is 0 Å². The summed E-state index contributed by atoms with van der Waals surface area (Å²) < 4.78 is 12.1. The molecule has 4 rings (SSSR count). The van der Waals surface area contributed by atoms with Crippen molar-refractivity contribution in [3.05, 3.63) is 22.2 Å². The van der Waals surface area contributed by atoms with Gasteiger partial charge in [-0.25, -0.2) is 4.98 Å². The highest BCUT2D eigenvalue weighted by Gasteiger charge is 2.56. The molecule has 0 amide bonds. The van der Waals surface area contributed by atoms with Crippen LogP contribution in [-0.2, 0) is 19.1 Å². The molecule has 2 bridgehead atoms. The molecule has 8 heteroatoms. The van der Waals surface area contributed by atoms with Crippen LogP contribution in [0.4, 0.5) is 0 Å². The molecule has 4 N–H and O–H groups in total. The van der Waals surface area contributed by atoms with Crippen LogP contribution in [-0.4, -0.2) is 46.6 Å². The van der Waals surface area contributed by atoms with Crippen LogP contribution in [0.3, 0.4) is 0 Å². The molecule has 1 saturated carbocycles. The molecule has 34 heavy (non-hydrogen) atoms. The van der Waals surface area contributed by atoms with Gasteiger partial charge in [0.25, 0.3) is 0 Å². The van der Waals surface area contributed by atoms with E-state index in [4.69, 9.17) is 20.9 Å². The Morgan fingerprint density at radius 1 is 1.32 bits per heavy atom. The first-order valence-corrected chi connectivity index (χ1v) is 13.5. The van der Waals surface area contributed by atoms with Crippen LogP contribution in [0.5, 0.6) is 0 Å². The van der Waals surface area contributed by atoms with Gasteiger partial charge in [0.15, 0.2) is 0 Å². The van der Waals surface area contributed by atoms with Crippen LogP contribution in [0.2, 0.25) is 0 Å². The number of Topliss-reactive ketones (excluding diaryl/α,β-unsaturated/α-hetero) is 1. The average Bonchev–Trinajstić information content (AvgIpc) is 3.31. The van der Waals surface area contributed by atoms with Gasteiger partial charge in [0.05, 0.1) is 28.8 Å². The number of thiazole rings is 1. The second-order valence-corrected chi connectivity index (χ2v) is 11.8. The fraction of sp³-hybridized carbons (Fsp3) is 0.731. The Morgan fingerprint density at radius 2 is 2.09 bits per heavy atom. The highest BCUT2D eigenvalue weighted by atomic mass is 32.1. The molecule has 1 aliphatic carbocycles. The molecule has 8 atom stereocenters. The van der Waals surface area contributed by atoms with E-state index in [-0.39, 0.29) is 47.8 Å². The summed E-state index contributed by atoms with van der Waals surface area (Å²) in [6, 6.07) is -0.782. The molecule has 1 aromatic rings. The lowest BCUT2D eigenvalue weighted by molar-refractivity contribution is -0.150. The highest BCUT2D eigenvalue weighted by Crippen LogP contribution is 2.49. The number of epoxide rings is 1. The monoisotopic (exact) mass is 489 g/mol. The quantitative estimate of drug-likeness (QED) is 0.490. The van der Waals surface area contributed by atoms with E-state index in [1.54, 1.807) is 11.3 Å². The smallest absolute Gasteiger partial charge is 0.307 e. The first-order chi connectivity index (χ1) is 16.1. The van der Waals surface area contributed by atoms with E-state index in [9.17, 15) is 9.59 Å². The molecule has 188 valence electrons. The predicted molar refractivity (Wildman–Crippen MR) is 133 cm³/mol. The molecule has 0 spiro atoms. The largest absolute Gasteiger partial charge is 0.458 e. The van der Waals surface area contributed by atoms with Crippen molar-refractivity contribution in [3.8, 4) is 0 Å². The maximum atomic E-state index is 13.3. The number of ether oxygens (including phenoxy) is 2. The van der Waals surface area contributed by atoms with E-state index in [1.807, 2.05) is 38.3 Å². The maximum Gasteiger partial charge on any atom is 0.307 e. The molecule has 5 unspecified atom stereocenters. The Hall–Kier alpha value is -1.61. The van der Waals surface area contributed by atoms with E-state index in [0.29, 0.717) is 12.8 Å². The summed E-state index contributed by atoms with van der Waals surface area (Å²) in [7, 11) is 0. The number of carbonyl (C=O) groups is 2. The molecular weight excluding hydrogens is 450 g/mol. The minimum Gasteiger partial charge on any atom is -0.458 e. The average molecular weight is 490 g/mol. The third kappa shape index (κ3) is 5.01. The second kappa shape index (κ2) is 9.80. The lowest BCUT2D eigenvalue weighted by Crippen LogP contribution is -2.58. The highest BCUT2D eigenvalue weighted by molar-refractivity contribution is 7.09. The van der Waals surface area contributed by atoms with Crippen LogP contribution in [0.25, 0.3) is 6.08 Å². The molecule has 3 aliphatic rings. The van der Waals surface area contributed by atoms with Gasteiger partial charge in [-0.3, -0.25) is 9.59 Å². The fourth-order valence-corrected chi connectivity index (χ4v) is 6.64. The number of fused-ring (bicyclic) bond motifs is 3. The summed E-state index contributed by atoms with van der Waals surface area (Å²) in [5.74, 6) is -0.397. The first kappa shape index (κ1) is 25.5. The standard InChI is InChI=1S/C26H39N3O4S/c1-5-26-10-6-7-17-13-25(4,24(31)15(2)23(17)28)20(27)12-22(30)32-19(11-21(26)33-26)9-8-18-14-34-16(3)29-18/h8-9,14-15,17,19-21,23H,5-7,10-13,27-28H2,1-4H3/b9-8+/t15-,17-,19?,20+,21?,23?,25?,26?/m1/s1. The molecule has 0 aromatic carbocycles. The number of aryl methyl sites for hydroxylation is 1. The van der Waals surface area contributed by atoms with Crippen molar-refractivity contribution in [1.29, 1.82) is 0 Å². The molecule has 0 radical (unpaired) electrons. The number of nitrogens with zero attached hydrogens (tertiary/aromatic N) is 1. The third-order valence-corrected chi connectivity index (χ3v) is 9.31. The number of cyclic esters (lactones) is 1. The van der Waals surface area contributed by atoms with Gasteiger partial charge in [0, 0.05) is 35.2 Å². The Balaban J connectivity index is 1.58. The SMILES string of the molecule is CCC12CCC[C@@H]3CC(C)(C(=O)[C@H](C)C3N)[C@@H](N)CC(=O)OC(/C=C/c3csc(C)n3)CC1O2. The van der Waals surface area contributed by atoms with Crippen molar-refractivity contribution in [2.45, 2.75) is 103 Å². The summed E-state index contributed by atoms with van der Waals surface area (Å²) in [5, 5.41) is 2.97. The summed E-state index contributed by atoms with van der Waals surface area (Å²) >= 11 is 1.58. The minimum atomic E-state index is -0.784. The predicted octanol–water partition coefficient (Wildman–Crippen LogP) is 3.77. The van der Waals surface area contributed by atoms with Gasteiger partial charge in [0.2, 0.25) is 0 Å². The zero-order valence-corrected chi connectivity index (χ0v) is 21.6. The van der Waals surface area contributed by atoms with Crippen LogP contribution in [0.1, 0.15) is 76.4 Å². The Bertz CT molecular complexity index is 948. The van der Waals surface area contributed by atoms with Crippen molar-refractivity contribution in [3.63, 3.8) is 0 Å². The summed E-state index contributed by atoms with van der Waals surface area (Å²) in [4.78, 5) is 30.7. The van der Waals surface area contributed by atoms with E-state index in [2.05, 4.69) is 11.9 Å². The number of ketones is 1. The molecule has 3 heterocycles. The Labute approximate surface area is 206 Å².